The van der Waals surface area contributed by atoms with Gasteiger partial charge >= 0.3 is 6.03 Å². The molecule has 8 heteroatoms. The Morgan fingerprint density at radius 2 is 1.81 bits per heavy atom. The van der Waals surface area contributed by atoms with Crippen LogP contribution in [0, 0.1) is 5.82 Å². The molecule has 3 N–H and O–H groups in total. The SMILES string of the molecule is CC(c1nc2ccccc2c(=O)n1-c1ccc(F)cc1)N(C)C(=O)Nc1cccc(N)c1. The Labute approximate surface area is 183 Å². The number of hydrogen-bond acceptors (Lipinski definition) is 4. The molecule has 0 saturated heterocycles. The molecule has 1 atom stereocenters. The number of aromatic nitrogens is 2. The summed E-state index contributed by atoms with van der Waals surface area (Å²) >= 11 is 0. The van der Waals surface area contributed by atoms with Crippen molar-refractivity contribution in [3.8, 4) is 5.69 Å². The van der Waals surface area contributed by atoms with Crippen LogP contribution >= 0.6 is 0 Å². The van der Waals surface area contributed by atoms with E-state index >= 15 is 0 Å². The lowest BCUT2D eigenvalue weighted by atomic mass is 10.2. The first-order chi connectivity index (χ1) is 15.3. The number of halogens is 1. The number of urea groups is 1. The minimum Gasteiger partial charge on any atom is -0.399 e. The molecule has 0 spiro atoms. The summed E-state index contributed by atoms with van der Waals surface area (Å²) in [4.78, 5) is 32.4. The molecule has 0 radical (unpaired) electrons. The van der Waals surface area contributed by atoms with E-state index in [1.807, 2.05) is 0 Å². The van der Waals surface area contributed by atoms with Crippen LogP contribution in [0.3, 0.4) is 0 Å². The number of nitrogens with two attached hydrogens (primary N) is 1. The standard InChI is InChI=1S/C24H22FN5O2/c1-15(29(2)24(32)27-18-7-5-6-17(26)14-18)22-28-21-9-4-3-8-20(21)23(31)30(22)19-12-10-16(25)11-13-19/h3-15H,26H2,1-2H3,(H,27,32). The first-order valence-corrected chi connectivity index (χ1v) is 10.0. The van der Waals surface area contributed by atoms with Gasteiger partial charge in [0, 0.05) is 18.4 Å². The zero-order valence-electron chi connectivity index (χ0n) is 17.6. The van der Waals surface area contributed by atoms with Gasteiger partial charge < -0.3 is 16.0 Å². The number of rotatable bonds is 4. The highest BCUT2D eigenvalue weighted by molar-refractivity contribution is 5.90. The first-order valence-electron chi connectivity index (χ1n) is 10.0. The largest absolute Gasteiger partial charge is 0.399 e. The molecule has 2 amide bonds. The van der Waals surface area contributed by atoms with E-state index in [-0.39, 0.29) is 5.56 Å². The molecule has 0 saturated carbocycles. The average Bonchev–Trinajstić information content (AvgIpc) is 2.79. The number of anilines is 2. The van der Waals surface area contributed by atoms with Crippen LogP contribution in [0.25, 0.3) is 16.6 Å². The number of amides is 2. The maximum atomic E-state index is 13.5. The summed E-state index contributed by atoms with van der Waals surface area (Å²) in [7, 11) is 1.61. The molecule has 0 fully saturated rings. The van der Waals surface area contributed by atoms with Crippen molar-refractivity contribution in [2.45, 2.75) is 13.0 Å². The molecule has 4 rings (SSSR count). The third-order valence-corrected chi connectivity index (χ3v) is 5.30. The lowest BCUT2D eigenvalue weighted by Gasteiger charge is -2.27. The normalized spacial score (nSPS) is 11.8. The number of nitrogens with zero attached hydrogens (tertiary/aromatic N) is 3. The number of hydrogen-bond donors (Lipinski definition) is 2. The second-order valence-electron chi connectivity index (χ2n) is 7.45. The maximum Gasteiger partial charge on any atom is 0.322 e. The molecule has 7 nitrogen and oxygen atoms in total. The maximum absolute atomic E-state index is 13.5. The molecular formula is C24H22FN5O2. The highest BCUT2D eigenvalue weighted by Crippen LogP contribution is 2.23. The fourth-order valence-electron chi connectivity index (χ4n) is 3.45. The molecule has 0 aliphatic heterocycles. The van der Waals surface area contributed by atoms with Crippen LogP contribution in [0.15, 0.2) is 77.6 Å². The highest BCUT2D eigenvalue weighted by atomic mass is 19.1. The first kappa shape index (κ1) is 21.0. The Balaban J connectivity index is 1.78. The summed E-state index contributed by atoms with van der Waals surface area (Å²) in [6, 6.07) is 18.4. The minimum atomic E-state index is -0.585. The second-order valence-corrected chi connectivity index (χ2v) is 7.45. The number of fused-ring (bicyclic) bond motifs is 1. The van der Waals surface area contributed by atoms with E-state index in [1.54, 1.807) is 62.5 Å². The van der Waals surface area contributed by atoms with Gasteiger partial charge in [0.15, 0.2) is 0 Å². The number of carbonyl (C=O) groups excluding carboxylic acids is 1. The Morgan fingerprint density at radius 3 is 2.53 bits per heavy atom. The van der Waals surface area contributed by atoms with Crippen molar-refractivity contribution >= 4 is 28.3 Å². The van der Waals surface area contributed by atoms with Crippen LogP contribution in [0.4, 0.5) is 20.6 Å². The third-order valence-electron chi connectivity index (χ3n) is 5.30. The highest BCUT2D eigenvalue weighted by Gasteiger charge is 2.24. The smallest absolute Gasteiger partial charge is 0.322 e. The topological polar surface area (TPSA) is 93.2 Å². The summed E-state index contributed by atoms with van der Waals surface area (Å²) in [5.74, 6) is -0.0608. The van der Waals surface area contributed by atoms with Crippen molar-refractivity contribution < 1.29 is 9.18 Å². The van der Waals surface area contributed by atoms with E-state index in [9.17, 15) is 14.0 Å². The van der Waals surface area contributed by atoms with E-state index in [0.717, 1.165) is 0 Å². The second kappa shape index (κ2) is 8.50. The van der Waals surface area contributed by atoms with Gasteiger partial charge in [0.25, 0.3) is 5.56 Å². The minimum absolute atomic E-state index is 0.298. The molecule has 162 valence electrons. The lowest BCUT2D eigenvalue weighted by molar-refractivity contribution is 0.205. The molecule has 1 aromatic heterocycles. The van der Waals surface area contributed by atoms with Crippen LogP contribution in [0.2, 0.25) is 0 Å². The van der Waals surface area contributed by atoms with Crippen LogP contribution in [-0.4, -0.2) is 27.5 Å². The number of nitrogens with one attached hydrogen (secondary N) is 1. The van der Waals surface area contributed by atoms with Gasteiger partial charge in [-0.05, 0) is 61.5 Å². The van der Waals surface area contributed by atoms with Crippen LogP contribution < -0.4 is 16.6 Å². The quantitative estimate of drug-likeness (QED) is 0.470. The summed E-state index contributed by atoms with van der Waals surface area (Å²) < 4.78 is 14.9. The molecule has 3 aromatic carbocycles. The Bertz CT molecular complexity index is 1350. The Kier molecular flexibility index (Phi) is 5.59. The fourth-order valence-corrected chi connectivity index (χ4v) is 3.45. The van der Waals surface area contributed by atoms with Gasteiger partial charge in [-0.25, -0.2) is 14.2 Å². The molecule has 0 aliphatic carbocycles. The number of para-hydroxylation sites is 1. The number of carbonyl (C=O) groups is 1. The summed E-state index contributed by atoms with van der Waals surface area (Å²) in [6.07, 6.45) is 0. The van der Waals surface area contributed by atoms with Gasteiger partial charge in [-0.1, -0.05) is 18.2 Å². The van der Waals surface area contributed by atoms with Crippen molar-refractivity contribution in [2.24, 2.45) is 0 Å². The van der Waals surface area contributed by atoms with E-state index in [1.165, 1.54) is 33.7 Å². The Morgan fingerprint density at radius 1 is 1.09 bits per heavy atom. The summed E-state index contributed by atoms with van der Waals surface area (Å²) in [5, 5.41) is 3.22. The lowest BCUT2D eigenvalue weighted by Crippen LogP contribution is -2.37. The van der Waals surface area contributed by atoms with Crippen LogP contribution in [0.1, 0.15) is 18.8 Å². The monoisotopic (exact) mass is 431 g/mol. The molecule has 0 aliphatic rings. The summed E-state index contributed by atoms with van der Waals surface area (Å²) in [6.45, 7) is 1.77. The average molecular weight is 431 g/mol. The third kappa shape index (κ3) is 4.02. The van der Waals surface area contributed by atoms with Crippen molar-refractivity contribution in [2.75, 3.05) is 18.1 Å². The summed E-state index contributed by atoms with van der Waals surface area (Å²) in [5.41, 5.74) is 7.54. The molecule has 4 aromatic rings. The van der Waals surface area contributed by atoms with E-state index < -0.39 is 17.9 Å². The molecule has 0 bridgehead atoms. The molecule has 1 unspecified atom stereocenters. The van der Waals surface area contributed by atoms with Gasteiger partial charge in [0.2, 0.25) is 0 Å². The predicted octanol–water partition coefficient (Wildman–Crippen LogP) is 4.33. The van der Waals surface area contributed by atoms with Crippen LogP contribution in [0.5, 0.6) is 0 Å². The van der Waals surface area contributed by atoms with E-state index in [2.05, 4.69) is 10.3 Å². The molecule has 32 heavy (non-hydrogen) atoms. The van der Waals surface area contributed by atoms with E-state index in [0.29, 0.717) is 33.8 Å². The van der Waals surface area contributed by atoms with Gasteiger partial charge in [-0.2, -0.15) is 0 Å². The fraction of sp³-hybridized carbons (Fsp3) is 0.125. The van der Waals surface area contributed by atoms with Gasteiger partial charge in [0.1, 0.15) is 11.6 Å². The van der Waals surface area contributed by atoms with Crippen molar-refractivity contribution in [1.29, 1.82) is 0 Å². The predicted molar refractivity (Wildman–Crippen MR) is 123 cm³/mol. The molecule has 1 heterocycles. The van der Waals surface area contributed by atoms with Crippen LogP contribution in [-0.2, 0) is 0 Å². The van der Waals surface area contributed by atoms with Gasteiger partial charge in [-0.3, -0.25) is 9.36 Å². The Hall–Kier alpha value is -4.20. The van der Waals surface area contributed by atoms with Crippen molar-refractivity contribution in [1.82, 2.24) is 14.5 Å². The zero-order chi connectivity index (χ0) is 22.8. The number of nitrogen functional groups attached to an aromatic ring is 1. The van der Waals surface area contributed by atoms with Gasteiger partial charge in [0.05, 0.1) is 22.6 Å². The van der Waals surface area contributed by atoms with Gasteiger partial charge in [-0.15, -0.1) is 0 Å². The van der Waals surface area contributed by atoms with Crippen molar-refractivity contribution in [3.63, 3.8) is 0 Å². The zero-order valence-corrected chi connectivity index (χ0v) is 17.6. The van der Waals surface area contributed by atoms with Crippen molar-refractivity contribution in [3.05, 3.63) is 94.8 Å². The number of benzene rings is 3. The molecular weight excluding hydrogens is 409 g/mol. The van der Waals surface area contributed by atoms with E-state index in [4.69, 9.17) is 5.73 Å².